The Bertz CT molecular complexity index is 843. The summed E-state index contributed by atoms with van der Waals surface area (Å²) in [5.74, 6) is 0.398. The summed E-state index contributed by atoms with van der Waals surface area (Å²) in [7, 11) is 0. The van der Waals surface area contributed by atoms with E-state index in [0.29, 0.717) is 19.6 Å². The van der Waals surface area contributed by atoms with Crippen molar-refractivity contribution in [1.29, 1.82) is 0 Å². The van der Waals surface area contributed by atoms with Crippen LogP contribution in [0, 0.1) is 0 Å². The summed E-state index contributed by atoms with van der Waals surface area (Å²) in [5, 5.41) is 1.00. The fourth-order valence-corrected chi connectivity index (χ4v) is 2.73. The fourth-order valence-electron chi connectivity index (χ4n) is 2.73. The molecule has 0 spiro atoms. The van der Waals surface area contributed by atoms with Crippen LogP contribution in [-0.4, -0.2) is 23.6 Å². The van der Waals surface area contributed by atoms with Crippen LogP contribution < -0.4 is 10.5 Å². The molecule has 3 rings (SSSR count). The third kappa shape index (κ3) is 4.19. The predicted octanol–water partition coefficient (Wildman–Crippen LogP) is 3.18. The number of aromatic nitrogens is 1. The van der Waals surface area contributed by atoms with Gasteiger partial charge in [0.15, 0.2) is 0 Å². The van der Waals surface area contributed by atoms with E-state index in [-0.39, 0.29) is 5.97 Å². The molecule has 0 fully saturated rings. The van der Waals surface area contributed by atoms with Crippen molar-refractivity contribution in [2.45, 2.75) is 26.0 Å². The number of rotatable bonds is 7. The van der Waals surface area contributed by atoms with Crippen molar-refractivity contribution in [3.8, 4) is 5.75 Å². The average molecular weight is 338 g/mol. The number of benzene rings is 2. The van der Waals surface area contributed by atoms with E-state index >= 15 is 0 Å². The van der Waals surface area contributed by atoms with E-state index in [2.05, 4.69) is 4.98 Å². The van der Waals surface area contributed by atoms with Crippen molar-refractivity contribution in [1.82, 2.24) is 4.98 Å². The quantitative estimate of drug-likeness (QED) is 0.649. The topological polar surface area (TPSA) is 77.3 Å². The minimum Gasteiger partial charge on any atom is -0.489 e. The lowest BCUT2D eigenvalue weighted by Gasteiger charge is -2.10. The zero-order valence-corrected chi connectivity index (χ0v) is 14.2. The van der Waals surface area contributed by atoms with Crippen molar-refractivity contribution in [2.24, 2.45) is 5.73 Å². The van der Waals surface area contributed by atoms with Gasteiger partial charge >= 0.3 is 5.97 Å². The molecule has 3 N–H and O–H groups in total. The van der Waals surface area contributed by atoms with Gasteiger partial charge in [-0.15, -0.1) is 0 Å². The van der Waals surface area contributed by atoms with Gasteiger partial charge in [0.2, 0.25) is 0 Å². The number of fused-ring (bicyclic) bond motifs is 1. The minimum absolute atomic E-state index is 0.331. The summed E-state index contributed by atoms with van der Waals surface area (Å²) in [4.78, 5) is 15.0. The Morgan fingerprint density at radius 2 is 2.00 bits per heavy atom. The smallest absolute Gasteiger partial charge is 0.323 e. The van der Waals surface area contributed by atoms with Crippen LogP contribution in [0.4, 0.5) is 0 Å². The number of carbonyl (C=O) groups is 1. The molecule has 25 heavy (non-hydrogen) atoms. The third-order valence-corrected chi connectivity index (χ3v) is 4.02. The van der Waals surface area contributed by atoms with Crippen LogP contribution in [0.1, 0.15) is 18.1 Å². The Hall–Kier alpha value is -2.79. The van der Waals surface area contributed by atoms with E-state index in [1.807, 2.05) is 54.7 Å². The number of nitrogens with one attached hydrogen (secondary N) is 1. The van der Waals surface area contributed by atoms with Gasteiger partial charge in [0, 0.05) is 23.5 Å². The van der Waals surface area contributed by atoms with Crippen molar-refractivity contribution >= 4 is 16.9 Å². The molecule has 0 aliphatic heterocycles. The number of carbonyl (C=O) groups excluding carboxylic acids is 1. The van der Waals surface area contributed by atoms with Crippen LogP contribution in [0.3, 0.4) is 0 Å². The van der Waals surface area contributed by atoms with Gasteiger partial charge in [-0.3, -0.25) is 4.79 Å². The highest BCUT2D eigenvalue weighted by Gasteiger charge is 2.17. The molecule has 2 aromatic carbocycles. The van der Waals surface area contributed by atoms with Gasteiger partial charge in [-0.05, 0) is 36.2 Å². The zero-order chi connectivity index (χ0) is 17.6. The molecule has 5 nitrogen and oxygen atoms in total. The summed E-state index contributed by atoms with van der Waals surface area (Å²) in [6, 6.07) is 15.2. The molecule has 0 aliphatic rings. The number of H-pyrrole nitrogens is 1. The lowest BCUT2D eigenvalue weighted by atomic mass is 10.1. The normalized spacial score (nSPS) is 12.1. The highest BCUT2D eigenvalue weighted by molar-refractivity contribution is 5.85. The number of aromatic amines is 1. The van der Waals surface area contributed by atoms with Crippen molar-refractivity contribution in [3.63, 3.8) is 0 Å². The van der Waals surface area contributed by atoms with E-state index in [1.165, 1.54) is 0 Å². The Balaban J connectivity index is 1.74. The van der Waals surface area contributed by atoms with Crippen LogP contribution in [0.15, 0.2) is 54.7 Å². The molecular weight excluding hydrogens is 316 g/mol. The lowest BCUT2D eigenvalue weighted by molar-refractivity contribution is -0.144. The number of hydrogen-bond acceptors (Lipinski definition) is 4. The third-order valence-electron chi connectivity index (χ3n) is 4.02. The molecule has 1 atom stereocenters. The van der Waals surface area contributed by atoms with Crippen molar-refractivity contribution < 1.29 is 14.3 Å². The molecule has 5 heteroatoms. The molecule has 130 valence electrons. The van der Waals surface area contributed by atoms with Gasteiger partial charge in [0.1, 0.15) is 18.4 Å². The Kier molecular flexibility index (Phi) is 5.36. The highest BCUT2D eigenvalue weighted by Crippen LogP contribution is 2.25. The molecule has 0 saturated carbocycles. The SMILES string of the molecule is CCOC(=O)[C@@H](N)Cc1c[nH]c2ccc(OCc3ccccc3)cc12. The second-order valence-corrected chi connectivity index (χ2v) is 5.86. The van der Waals surface area contributed by atoms with Crippen molar-refractivity contribution in [3.05, 3.63) is 65.9 Å². The predicted molar refractivity (Wildman–Crippen MR) is 97.4 cm³/mol. The van der Waals surface area contributed by atoms with Crippen molar-refractivity contribution in [2.75, 3.05) is 6.61 Å². The molecule has 0 amide bonds. The second kappa shape index (κ2) is 7.85. The lowest BCUT2D eigenvalue weighted by Crippen LogP contribution is -2.34. The number of hydrogen-bond donors (Lipinski definition) is 2. The standard InChI is InChI=1S/C20H22N2O3/c1-2-24-20(23)18(21)10-15-12-22-19-9-8-16(11-17(15)19)25-13-14-6-4-3-5-7-14/h3-9,11-12,18,22H,2,10,13,21H2,1H3/t18-/m0/s1. The summed E-state index contributed by atoms with van der Waals surface area (Å²) >= 11 is 0. The van der Waals surface area contributed by atoms with Crippen LogP contribution >= 0.6 is 0 Å². The van der Waals surface area contributed by atoms with Gasteiger partial charge < -0.3 is 20.2 Å². The maximum Gasteiger partial charge on any atom is 0.323 e. The largest absolute Gasteiger partial charge is 0.489 e. The van der Waals surface area contributed by atoms with Gasteiger partial charge in [0.25, 0.3) is 0 Å². The summed E-state index contributed by atoms with van der Waals surface area (Å²) in [5.41, 5.74) is 9.01. The van der Waals surface area contributed by atoms with Crippen LogP contribution in [-0.2, 0) is 22.6 Å². The molecule has 0 bridgehead atoms. The van der Waals surface area contributed by atoms with E-state index in [0.717, 1.165) is 27.8 Å². The first-order valence-corrected chi connectivity index (χ1v) is 8.36. The number of ether oxygens (including phenoxy) is 2. The van der Waals surface area contributed by atoms with E-state index in [4.69, 9.17) is 15.2 Å². The van der Waals surface area contributed by atoms with Gasteiger partial charge in [-0.2, -0.15) is 0 Å². The van der Waals surface area contributed by atoms with E-state index in [9.17, 15) is 4.79 Å². The number of esters is 1. The Morgan fingerprint density at radius 3 is 2.76 bits per heavy atom. The molecule has 0 saturated heterocycles. The summed E-state index contributed by atoms with van der Waals surface area (Å²) in [6.07, 6.45) is 2.30. The number of nitrogens with two attached hydrogens (primary N) is 1. The van der Waals surface area contributed by atoms with Crippen LogP contribution in [0.25, 0.3) is 10.9 Å². The highest BCUT2D eigenvalue weighted by atomic mass is 16.5. The summed E-state index contributed by atoms with van der Waals surface area (Å²) < 4.78 is 10.9. The molecular formula is C20H22N2O3. The molecule has 0 aliphatic carbocycles. The first kappa shape index (κ1) is 17.0. The average Bonchev–Trinajstić information content (AvgIpc) is 3.03. The maximum absolute atomic E-state index is 11.7. The molecule has 1 heterocycles. The van der Waals surface area contributed by atoms with Gasteiger partial charge in [-0.1, -0.05) is 30.3 Å². The molecule has 3 aromatic rings. The first-order valence-electron chi connectivity index (χ1n) is 8.36. The Morgan fingerprint density at radius 1 is 1.20 bits per heavy atom. The van der Waals surface area contributed by atoms with Gasteiger partial charge in [-0.25, -0.2) is 0 Å². The van der Waals surface area contributed by atoms with Crippen LogP contribution in [0.5, 0.6) is 5.75 Å². The van der Waals surface area contributed by atoms with E-state index in [1.54, 1.807) is 6.92 Å². The monoisotopic (exact) mass is 338 g/mol. The zero-order valence-electron chi connectivity index (χ0n) is 14.2. The maximum atomic E-state index is 11.7. The first-order chi connectivity index (χ1) is 12.2. The summed E-state index contributed by atoms with van der Waals surface area (Å²) in [6.45, 7) is 2.61. The molecule has 1 aromatic heterocycles. The van der Waals surface area contributed by atoms with Gasteiger partial charge in [0.05, 0.1) is 6.61 Å². The molecule has 0 unspecified atom stereocenters. The molecule has 0 radical (unpaired) electrons. The minimum atomic E-state index is -0.673. The Labute approximate surface area is 146 Å². The fraction of sp³-hybridized carbons (Fsp3) is 0.250. The second-order valence-electron chi connectivity index (χ2n) is 5.86. The van der Waals surface area contributed by atoms with E-state index < -0.39 is 6.04 Å². The van der Waals surface area contributed by atoms with Crippen LogP contribution in [0.2, 0.25) is 0 Å².